The molecule has 2 N–H and O–H groups in total. The summed E-state index contributed by atoms with van der Waals surface area (Å²) in [5.41, 5.74) is 2.52. The molecule has 0 fully saturated rings. The van der Waals surface area contributed by atoms with Crippen LogP contribution in [0.2, 0.25) is 0 Å². The number of nitrogens with zero attached hydrogens (tertiary/aromatic N) is 2. The smallest absolute Gasteiger partial charge is 0.255 e. The van der Waals surface area contributed by atoms with Crippen LogP contribution in [0.4, 0.5) is 5.13 Å². The number of benzene rings is 2. The van der Waals surface area contributed by atoms with Gasteiger partial charge >= 0.3 is 0 Å². The fourth-order valence-corrected chi connectivity index (χ4v) is 5.23. The minimum Gasteiger partial charge on any atom is -0.494 e. The Kier molecular flexibility index (Phi) is 7.10. The Hall–Kier alpha value is -3.17. The molecule has 2 heterocycles. The molecule has 0 radical (unpaired) electrons. The summed E-state index contributed by atoms with van der Waals surface area (Å²) in [5.74, 6) is 0.451. The van der Waals surface area contributed by atoms with Gasteiger partial charge in [-0.05, 0) is 44.5 Å². The first kappa shape index (κ1) is 23.0. The molecule has 4 rings (SSSR count). The third kappa shape index (κ3) is 5.61. The van der Waals surface area contributed by atoms with Crippen molar-refractivity contribution in [1.29, 1.82) is 0 Å². The largest absolute Gasteiger partial charge is 0.494 e. The molecule has 0 saturated heterocycles. The fraction of sp³-hybridized carbons (Fsp3) is 0.250. The molecule has 0 bridgehead atoms. The van der Waals surface area contributed by atoms with Gasteiger partial charge in [-0.15, -0.1) is 0 Å². The molecule has 0 aliphatic rings. The second kappa shape index (κ2) is 10.2. The summed E-state index contributed by atoms with van der Waals surface area (Å²) in [5, 5.41) is 3.94. The van der Waals surface area contributed by atoms with Crippen LogP contribution in [0.3, 0.4) is 0 Å². The first-order chi connectivity index (χ1) is 15.9. The van der Waals surface area contributed by atoms with Crippen LogP contribution in [-0.4, -0.2) is 27.5 Å². The van der Waals surface area contributed by atoms with Gasteiger partial charge in [0.15, 0.2) is 10.3 Å². The highest BCUT2D eigenvalue weighted by molar-refractivity contribution is 7.99. The van der Waals surface area contributed by atoms with E-state index in [0.29, 0.717) is 28.2 Å². The molecule has 0 aliphatic heterocycles. The highest BCUT2D eigenvalue weighted by atomic mass is 32.2. The molecule has 1 amide bonds. The number of hydrogen-bond acceptors (Lipinski definition) is 7. The predicted molar refractivity (Wildman–Crippen MR) is 133 cm³/mol. The van der Waals surface area contributed by atoms with E-state index in [0.717, 1.165) is 21.5 Å². The summed E-state index contributed by atoms with van der Waals surface area (Å²) in [6.07, 6.45) is -0.0759. The Labute approximate surface area is 199 Å². The van der Waals surface area contributed by atoms with Crippen LogP contribution < -0.4 is 15.6 Å². The highest BCUT2D eigenvalue weighted by Gasteiger charge is 2.16. The molecule has 7 nitrogen and oxygen atoms in total. The number of nitrogens with one attached hydrogen (secondary N) is 2. The number of hydrogen-bond donors (Lipinski definition) is 2. The summed E-state index contributed by atoms with van der Waals surface area (Å²) >= 11 is 2.84. The number of fused-ring (bicyclic) bond motifs is 1. The summed E-state index contributed by atoms with van der Waals surface area (Å²) in [6.45, 7) is 6.32. The maximum absolute atomic E-state index is 12.7. The lowest BCUT2D eigenvalue weighted by Crippen LogP contribution is -2.23. The second-order valence-corrected chi connectivity index (χ2v) is 9.77. The van der Waals surface area contributed by atoms with Crippen molar-refractivity contribution in [1.82, 2.24) is 15.0 Å². The fourth-order valence-electron chi connectivity index (χ4n) is 3.35. The van der Waals surface area contributed by atoms with Gasteiger partial charge in [-0.25, -0.2) is 9.97 Å². The van der Waals surface area contributed by atoms with Gasteiger partial charge in [0.25, 0.3) is 5.56 Å². The first-order valence-corrected chi connectivity index (χ1v) is 12.3. The van der Waals surface area contributed by atoms with Crippen molar-refractivity contribution in [2.75, 3.05) is 11.9 Å². The monoisotopic (exact) mass is 480 g/mol. The third-order valence-electron chi connectivity index (χ3n) is 5.01. The van der Waals surface area contributed by atoms with Crippen LogP contribution in [0, 0.1) is 6.92 Å². The molecule has 4 aromatic rings. The lowest BCUT2D eigenvalue weighted by molar-refractivity contribution is -0.115. The Morgan fingerprint density at radius 1 is 1.21 bits per heavy atom. The van der Waals surface area contributed by atoms with Gasteiger partial charge in [-0.1, -0.05) is 53.4 Å². The van der Waals surface area contributed by atoms with Crippen LogP contribution in [-0.2, 0) is 11.2 Å². The molecule has 2 aromatic carbocycles. The molecule has 33 heavy (non-hydrogen) atoms. The van der Waals surface area contributed by atoms with Gasteiger partial charge in [-0.3, -0.25) is 9.59 Å². The number of carbonyl (C=O) groups is 1. The molecular formula is C24H24N4O3S2. The summed E-state index contributed by atoms with van der Waals surface area (Å²) < 4.78 is 6.43. The van der Waals surface area contributed by atoms with E-state index in [-0.39, 0.29) is 23.1 Å². The van der Waals surface area contributed by atoms with Crippen molar-refractivity contribution in [3.63, 3.8) is 0 Å². The number of H-pyrrole nitrogens is 1. The Morgan fingerprint density at radius 2 is 2.00 bits per heavy atom. The van der Waals surface area contributed by atoms with Crippen LogP contribution >= 0.6 is 23.1 Å². The quantitative estimate of drug-likeness (QED) is 0.268. The van der Waals surface area contributed by atoms with Crippen molar-refractivity contribution in [2.24, 2.45) is 0 Å². The Morgan fingerprint density at radius 3 is 2.73 bits per heavy atom. The zero-order valence-electron chi connectivity index (χ0n) is 18.5. The van der Waals surface area contributed by atoms with E-state index in [1.165, 1.54) is 23.1 Å². The van der Waals surface area contributed by atoms with Crippen LogP contribution in [0.5, 0.6) is 5.75 Å². The molecule has 0 spiro atoms. The van der Waals surface area contributed by atoms with Crippen LogP contribution in [0.15, 0.2) is 58.5 Å². The van der Waals surface area contributed by atoms with E-state index in [1.54, 1.807) is 6.92 Å². The molecular weight excluding hydrogens is 456 g/mol. The molecule has 170 valence electrons. The van der Waals surface area contributed by atoms with E-state index >= 15 is 0 Å². The van der Waals surface area contributed by atoms with Crippen molar-refractivity contribution in [2.45, 2.75) is 37.6 Å². The molecule has 2 aromatic heterocycles. The van der Waals surface area contributed by atoms with E-state index in [9.17, 15) is 9.59 Å². The van der Waals surface area contributed by atoms with Crippen molar-refractivity contribution in [3.05, 3.63) is 75.7 Å². The second-order valence-electron chi connectivity index (χ2n) is 7.41. The zero-order valence-corrected chi connectivity index (χ0v) is 20.2. The number of anilines is 1. The Bertz CT molecular complexity index is 1330. The summed E-state index contributed by atoms with van der Waals surface area (Å²) in [6, 6.07) is 15.6. The number of carbonyl (C=O) groups excluding carboxylic acids is 1. The normalized spacial score (nSPS) is 12.0. The molecule has 1 unspecified atom stereocenters. The summed E-state index contributed by atoms with van der Waals surface area (Å²) in [4.78, 5) is 37.1. The Balaban J connectivity index is 1.44. The number of aromatic nitrogens is 3. The van der Waals surface area contributed by atoms with Gasteiger partial charge in [0.1, 0.15) is 5.75 Å². The zero-order chi connectivity index (χ0) is 23.4. The number of thioether (sulfide) groups is 1. The highest BCUT2D eigenvalue weighted by Crippen LogP contribution is 2.32. The first-order valence-electron chi connectivity index (χ1n) is 10.6. The third-order valence-corrected chi connectivity index (χ3v) is 6.99. The van der Waals surface area contributed by atoms with Crippen molar-refractivity contribution in [3.8, 4) is 5.75 Å². The van der Waals surface area contributed by atoms with Crippen LogP contribution in [0.1, 0.15) is 35.9 Å². The molecule has 9 heteroatoms. The van der Waals surface area contributed by atoms with Gasteiger partial charge in [0, 0.05) is 16.5 Å². The van der Waals surface area contributed by atoms with Crippen LogP contribution in [0.25, 0.3) is 10.2 Å². The predicted octanol–water partition coefficient (Wildman–Crippen LogP) is 5.12. The molecule has 0 aliphatic carbocycles. The van der Waals surface area contributed by atoms with E-state index < -0.39 is 0 Å². The van der Waals surface area contributed by atoms with Crippen molar-refractivity contribution >= 4 is 44.4 Å². The minimum absolute atomic E-state index is 0.0759. The standard InChI is InChI=1S/C24H24N4O3S2/c1-4-31-17-10-11-19-20(12-17)33-24(26-19)27-21(29)13-18-14(2)25-23(28-22(18)30)32-15(3)16-8-6-5-7-9-16/h5-12,15H,4,13H2,1-3H3,(H,25,28,30)(H,26,27,29). The van der Waals surface area contributed by atoms with Gasteiger partial charge < -0.3 is 15.0 Å². The van der Waals surface area contributed by atoms with Crippen molar-refractivity contribution < 1.29 is 9.53 Å². The van der Waals surface area contributed by atoms with Gasteiger partial charge in [0.2, 0.25) is 5.91 Å². The number of aromatic amines is 1. The van der Waals surface area contributed by atoms with Gasteiger partial charge in [0.05, 0.1) is 23.2 Å². The van der Waals surface area contributed by atoms with E-state index in [2.05, 4.69) is 27.2 Å². The summed E-state index contributed by atoms with van der Waals surface area (Å²) in [7, 11) is 0. The number of rotatable bonds is 8. The minimum atomic E-state index is -0.312. The van der Waals surface area contributed by atoms with E-state index in [4.69, 9.17) is 4.74 Å². The van der Waals surface area contributed by atoms with E-state index in [1.807, 2.05) is 55.5 Å². The number of ether oxygens (including phenoxy) is 1. The SMILES string of the molecule is CCOc1ccc2nc(NC(=O)Cc3c(C)nc(SC(C)c4ccccc4)[nH]c3=O)sc2c1. The lowest BCUT2D eigenvalue weighted by Gasteiger charge is -2.12. The number of thiazole rings is 1. The lowest BCUT2D eigenvalue weighted by atomic mass is 10.1. The average molecular weight is 481 g/mol. The van der Waals surface area contributed by atoms with Gasteiger partial charge in [-0.2, -0.15) is 0 Å². The number of aryl methyl sites for hydroxylation is 1. The maximum atomic E-state index is 12.7. The topological polar surface area (TPSA) is 97.0 Å². The molecule has 0 saturated carbocycles. The molecule has 1 atom stereocenters. The maximum Gasteiger partial charge on any atom is 0.255 e. The number of amides is 1. The average Bonchev–Trinajstić information content (AvgIpc) is 3.18.